The van der Waals surface area contributed by atoms with Crippen molar-refractivity contribution in [2.45, 2.75) is 13.0 Å². The van der Waals surface area contributed by atoms with Crippen LogP contribution in [0.3, 0.4) is 0 Å². The number of amides is 1. The molecule has 5 heteroatoms. The second-order valence-corrected chi connectivity index (χ2v) is 3.80. The summed E-state index contributed by atoms with van der Waals surface area (Å²) in [4.78, 5) is 15.0. The highest BCUT2D eigenvalue weighted by molar-refractivity contribution is 7.99. The van der Waals surface area contributed by atoms with Gasteiger partial charge in [-0.25, -0.2) is 4.98 Å². The molecule has 0 saturated heterocycles. The van der Waals surface area contributed by atoms with Crippen LogP contribution in [0.1, 0.15) is 6.42 Å². The summed E-state index contributed by atoms with van der Waals surface area (Å²) in [6.45, 7) is 1.64. The van der Waals surface area contributed by atoms with Crippen LogP contribution in [0.15, 0.2) is 18.7 Å². The van der Waals surface area contributed by atoms with Crippen molar-refractivity contribution >= 4 is 17.7 Å². The van der Waals surface area contributed by atoms with Gasteiger partial charge in [-0.05, 0) is 12.7 Å². The van der Waals surface area contributed by atoms with E-state index in [-0.39, 0.29) is 5.91 Å². The molecule has 0 unspecified atom stereocenters. The van der Waals surface area contributed by atoms with Gasteiger partial charge in [-0.3, -0.25) is 4.79 Å². The average molecular weight is 213 g/mol. The van der Waals surface area contributed by atoms with E-state index in [1.165, 1.54) is 11.8 Å². The van der Waals surface area contributed by atoms with Crippen LogP contribution in [0.2, 0.25) is 0 Å². The number of nitrogens with zero attached hydrogens (tertiary/aromatic N) is 2. The molecule has 78 valence electrons. The molecule has 0 saturated carbocycles. The van der Waals surface area contributed by atoms with E-state index >= 15 is 0 Å². The highest BCUT2D eigenvalue weighted by Gasteiger charge is 1.97. The first-order valence-corrected chi connectivity index (χ1v) is 5.93. The first-order valence-electron chi connectivity index (χ1n) is 4.54. The van der Waals surface area contributed by atoms with E-state index < -0.39 is 0 Å². The predicted molar refractivity (Wildman–Crippen MR) is 58.2 cm³/mol. The van der Waals surface area contributed by atoms with E-state index in [0.29, 0.717) is 5.75 Å². The Hall–Kier alpha value is -0.970. The number of aryl methyl sites for hydroxylation is 1. The zero-order chi connectivity index (χ0) is 10.2. The van der Waals surface area contributed by atoms with Gasteiger partial charge in [0.1, 0.15) is 0 Å². The average Bonchev–Trinajstić information content (AvgIpc) is 2.65. The van der Waals surface area contributed by atoms with Crippen LogP contribution in [0.4, 0.5) is 0 Å². The largest absolute Gasteiger partial charge is 0.355 e. The Morgan fingerprint density at radius 2 is 2.50 bits per heavy atom. The van der Waals surface area contributed by atoms with Gasteiger partial charge >= 0.3 is 0 Å². The Morgan fingerprint density at radius 1 is 1.64 bits per heavy atom. The quantitative estimate of drug-likeness (QED) is 0.709. The number of nitrogens with one attached hydrogen (secondary N) is 1. The van der Waals surface area contributed by atoms with Crippen LogP contribution in [-0.4, -0.2) is 34.0 Å². The smallest absolute Gasteiger partial charge is 0.229 e. The molecule has 1 aromatic rings. The van der Waals surface area contributed by atoms with Crippen molar-refractivity contribution in [3.63, 3.8) is 0 Å². The van der Waals surface area contributed by atoms with Crippen LogP contribution in [0, 0.1) is 0 Å². The summed E-state index contributed by atoms with van der Waals surface area (Å²) in [5.74, 6) is 0.661. The van der Waals surface area contributed by atoms with E-state index in [0.717, 1.165) is 19.5 Å². The van der Waals surface area contributed by atoms with Crippen molar-refractivity contribution in [3.8, 4) is 0 Å². The molecule has 1 rings (SSSR count). The summed E-state index contributed by atoms with van der Waals surface area (Å²) >= 11 is 1.54. The SMILES string of the molecule is CSCC(=O)NCCCn1ccnc1. The number of rotatable bonds is 6. The Balaban J connectivity index is 2.02. The van der Waals surface area contributed by atoms with Crippen molar-refractivity contribution < 1.29 is 4.79 Å². The Morgan fingerprint density at radius 3 is 3.14 bits per heavy atom. The van der Waals surface area contributed by atoms with Crippen LogP contribution in [-0.2, 0) is 11.3 Å². The molecule has 1 N–H and O–H groups in total. The minimum Gasteiger partial charge on any atom is -0.355 e. The molecule has 4 nitrogen and oxygen atoms in total. The Bertz CT molecular complexity index is 261. The monoisotopic (exact) mass is 213 g/mol. The van der Waals surface area contributed by atoms with Gasteiger partial charge in [-0.1, -0.05) is 0 Å². The van der Waals surface area contributed by atoms with Gasteiger partial charge in [0.05, 0.1) is 12.1 Å². The number of carbonyl (C=O) groups is 1. The third kappa shape index (κ3) is 4.32. The molecular weight excluding hydrogens is 198 g/mol. The molecule has 0 aliphatic carbocycles. The fraction of sp³-hybridized carbons (Fsp3) is 0.556. The summed E-state index contributed by atoms with van der Waals surface area (Å²) in [5, 5.41) is 2.85. The number of imidazole rings is 1. The van der Waals surface area contributed by atoms with Crippen LogP contribution >= 0.6 is 11.8 Å². The molecule has 0 radical (unpaired) electrons. The van der Waals surface area contributed by atoms with Crippen molar-refractivity contribution in [1.82, 2.24) is 14.9 Å². The van der Waals surface area contributed by atoms with Crippen molar-refractivity contribution in [2.24, 2.45) is 0 Å². The lowest BCUT2D eigenvalue weighted by molar-refractivity contribution is -0.118. The maximum absolute atomic E-state index is 11.1. The summed E-state index contributed by atoms with van der Waals surface area (Å²) in [5.41, 5.74) is 0. The predicted octanol–water partition coefficient (Wildman–Crippen LogP) is 0.752. The van der Waals surface area contributed by atoms with Gasteiger partial charge in [-0.2, -0.15) is 11.8 Å². The van der Waals surface area contributed by atoms with Crippen LogP contribution < -0.4 is 5.32 Å². The van der Waals surface area contributed by atoms with Gasteiger partial charge in [0.25, 0.3) is 0 Å². The van der Waals surface area contributed by atoms with Crippen molar-refractivity contribution in [3.05, 3.63) is 18.7 Å². The maximum Gasteiger partial charge on any atom is 0.229 e. The number of carbonyl (C=O) groups excluding carboxylic acids is 1. The van der Waals surface area contributed by atoms with Crippen LogP contribution in [0.5, 0.6) is 0 Å². The first kappa shape index (κ1) is 11.1. The lowest BCUT2D eigenvalue weighted by atomic mass is 10.4. The molecule has 0 aromatic carbocycles. The maximum atomic E-state index is 11.1. The van der Waals surface area contributed by atoms with Crippen LogP contribution in [0.25, 0.3) is 0 Å². The van der Waals surface area contributed by atoms with E-state index in [1.807, 2.05) is 17.0 Å². The molecule has 0 fully saturated rings. The van der Waals surface area contributed by atoms with E-state index in [4.69, 9.17) is 0 Å². The molecule has 0 aliphatic heterocycles. The summed E-state index contributed by atoms with van der Waals surface area (Å²) in [7, 11) is 0. The molecule has 14 heavy (non-hydrogen) atoms. The van der Waals surface area contributed by atoms with Crippen molar-refractivity contribution in [2.75, 3.05) is 18.6 Å². The lowest BCUT2D eigenvalue weighted by Gasteiger charge is -2.04. The fourth-order valence-electron chi connectivity index (χ4n) is 1.09. The highest BCUT2D eigenvalue weighted by atomic mass is 32.2. The Labute approximate surface area is 88.1 Å². The molecule has 1 aromatic heterocycles. The highest BCUT2D eigenvalue weighted by Crippen LogP contribution is 1.91. The number of hydrogen-bond acceptors (Lipinski definition) is 3. The number of hydrogen-bond donors (Lipinski definition) is 1. The van der Waals surface area contributed by atoms with Gasteiger partial charge in [-0.15, -0.1) is 0 Å². The zero-order valence-corrected chi connectivity index (χ0v) is 9.09. The standard InChI is InChI=1S/C9H15N3OS/c1-14-7-9(13)11-3-2-5-12-6-4-10-8-12/h4,6,8H,2-3,5,7H2,1H3,(H,11,13). The molecule has 0 bridgehead atoms. The Kier molecular flexibility index (Phi) is 5.14. The topological polar surface area (TPSA) is 46.9 Å². The van der Waals surface area contributed by atoms with Crippen molar-refractivity contribution in [1.29, 1.82) is 0 Å². The van der Waals surface area contributed by atoms with E-state index in [1.54, 1.807) is 12.5 Å². The summed E-state index contributed by atoms with van der Waals surface area (Å²) < 4.78 is 2.00. The van der Waals surface area contributed by atoms with E-state index in [9.17, 15) is 4.79 Å². The first-order chi connectivity index (χ1) is 6.83. The van der Waals surface area contributed by atoms with E-state index in [2.05, 4.69) is 10.3 Å². The third-order valence-electron chi connectivity index (χ3n) is 1.75. The second-order valence-electron chi connectivity index (χ2n) is 2.94. The van der Waals surface area contributed by atoms with Gasteiger partial charge in [0, 0.05) is 25.5 Å². The molecule has 0 aliphatic rings. The minimum absolute atomic E-state index is 0.114. The third-order valence-corrected chi connectivity index (χ3v) is 2.30. The minimum atomic E-state index is 0.114. The summed E-state index contributed by atoms with van der Waals surface area (Å²) in [6.07, 6.45) is 8.32. The summed E-state index contributed by atoms with van der Waals surface area (Å²) in [6, 6.07) is 0. The molecule has 1 heterocycles. The van der Waals surface area contributed by atoms with Gasteiger partial charge in [0.15, 0.2) is 0 Å². The zero-order valence-electron chi connectivity index (χ0n) is 8.27. The molecule has 1 amide bonds. The number of aromatic nitrogens is 2. The molecule has 0 atom stereocenters. The molecular formula is C9H15N3OS. The lowest BCUT2D eigenvalue weighted by Crippen LogP contribution is -2.26. The second kappa shape index (κ2) is 6.48. The van der Waals surface area contributed by atoms with Gasteiger partial charge < -0.3 is 9.88 Å². The fourth-order valence-corrected chi connectivity index (χ4v) is 1.45. The van der Waals surface area contributed by atoms with Gasteiger partial charge in [0.2, 0.25) is 5.91 Å². The normalized spacial score (nSPS) is 10.1. The number of thioether (sulfide) groups is 1. The molecule has 0 spiro atoms.